The number of hydrazone groups is 1. The van der Waals surface area contributed by atoms with Crippen molar-refractivity contribution in [3.8, 4) is 0 Å². The Morgan fingerprint density at radius 3 is 2.64 bits per heavy atom. The number of nitrogens with zero attached hydrogens (tertiary/aromatic N) is 3. The van der Waals surface area contributed by atoms with E-state index in [1.54, 1.807) is 24.5 Å². The Morgan fingerprint density at radius 2 is 2.00 bits per heavy atom. The SMILES string of the molecule is CS(=O)(=O)N(CCc1ccccc1)CC(=O)NN=Cc1cccnc1. The third kappa shape index (κ3) is 6.82. The van der Waals surface area contributed by atoms with Crippen LogP contribution >= 0.6 is 0 Å². The first-order chi connectivity index (χ1) is 11.9. The molecule has 0 aliphatic carbocycles. The van der Waals surface area contributed by atoms with Gasteiger partial charge in [-0.2, -0.15) is 9.41 Å². The van der Waals surface area contributed by atoms with E-state index < -0.39 is 15.9 Å². The van der Waals surface area contributed by atoms with Crippen molar-refractivity contribution in [3.63, 3.8) is 0 Å². The smallest absolute Gasteiger partial charge is 0.255 e. The molecule has 0 atom stereocenters. The van der Waals surface area contributed by atoms with Gasteiger partial charge in [0.2, 0.25) is 10.0 Å². The molecule has 8 heteroatoms. The van der Waals surface area contributed by atoms with Gasteiger partial charge in [-0.05, 0) is 18.1 Å². The zero-order valence-electron chi connectivity index (χ0n) is 13.9. The summed E-state index contributed by atoms with van der Waals surface area (Å²) in [7, 11) is -3.50. The van der Waals surface area contributed by atoms with Crippen LogP contribution in [-0.4, -0.2) is 49.2 Å². The minimum absolute atomic E-state index is 0.225. The second-order valence-electron chi connectivity index (χ2n) is 5.41. The molecule has 2 aromatic rings. The summed E-state index contributed by atoms with van der Waals surface area (Å²) in [6.45, 7) is -0.0569. The molecule has 1 amide bonds. The molecule has 0 aliphatic rings. The summed E-state index contributed by atoms with van der Waals surface area (Å²) < 4.78 is 24.9. The molecule has 0 saturated carbocycles. The maximum atomic E-state index is 12.0. The standard InChI is InChI=1S/C17H20N4O3S/c1-25(23,24)21(11-9-15-6-3-2-4-7-15)14-17(22)20-19-13-16-8-5-10-18-12-16/h2-8,10,12-13H,9,11,14H2,1H3,(H,20,22). The van der Waals surface area contributed by atoms with Crippen molar-refractivity contribution < 1.29 is 13.2 Å². The highest BCUT2D eigenvalue weighted by Gasteiger charge is 2.19. The third-order valence-corrected chi connectivity index (χ3v) is 4.62. The molecular weight excluding hydrogens is 340 g/mol. The Labute approximate surface area is 147 Å². The van der Waals surface area contributed by atoms with Crippen LogP contribution in [0.5, 0.6) is 0 Å². The zero-order valence-corrected chi connectivity index (χ0v) is 14.7. The largest absolute Gasteiger partial charge is 0.272 e. The van der Waals surface area contributed by atoms with Crippen LogP contribution in [0.15, 0.2) is 60.0 Å². The molecule has 2 rings (SSSR count). The van der Waals surface area contributed by atoms with Crippen LogP contribution < -0.4 is 5.43 Å². The van der Waals surface area contributed by atoms with E-state index in [0.717, 1.165) is 21.7 Å². The number of carbonyl (C=O) groups is 1. The van der Waals surface area contributed by atoms with E-state index in [2.05, 4.69) is 15.5 Å². The molecule has 0 fully saturated rings. The fraction of sp³-hybridized carbons (Fsp3) is 0.235. The lowest BCUT2D eigenvalue weighted by atomic mass is 10.1. The van der Waals surface area contributed by atoms with Gasteiger partial charge in [-0.25, -0.2) is 13.8 Å². The van der Waals surface area contributed by atoms with Gasteiger partial charge in [0.15, 0.2) is 0 Å². The second-order valence-corrected chi connectivity index (χ2v) is 7.39. The fourth-order valence-electron chi connectivity index (χ4n) is 2.09. The Bertz CT molecular complexity index is 808. The summed E-state index contributed by atoms with van der Waals surface area (Å²) in [4.78, 5) is 15.9. The number of sulfonamides is 1. The minimum Gasteiger partial charge on any atom is -0.272 e. The summed E-state index contributed by atoms with van der Waals surface area (Å²) in [5, 5.41) is 3.81. The van der Waals surface area contributed by atoms with Gasteiger partial charge in [-0.3, -0.25) is 9.78 Å². The van der Waals surface area contributed by atoms with Gasteiger partial charge in [0, 0.05) is 24.5 Å². The Hall–Kier alpha value is -2.58. The number of hydrogen-bond donors (Lipinski definition) is 1. The van der Waals surface area contributed by atoms with Crippen molar-refractivity contribution in [2.45, 2.75) is 6.42 Å². The molecule has 25 heavy (non-hydrogen) atoms. The maximum Gasteiger partial charge on any atom is 0.255 e. The van der Waals surface area contributed by atoms with Crippen molar-refractivity contribution >= 4 is 22.1 Å². The molecular formula is C17H20N4O3S. The zero-order chi connectivity index (χ0) is 18.1. The fourth-order valence-corrected chi connectivity index (χ4v) is 2.86. The van der Waals surface area contributed by atoms with Gasteiger partial charge in [0.25, 0.3) is 5.91 Å². The highest BCUT2D eigenvalue weighted by atomic mass is 32.2. The topological polar surface area (TPSA) is 91.7 Å². The van der Waals surface area contributed by atoms with Crippen molar-refractivity contribution in [1.29, 1.82) is 0 Å². The molecule has 7 nitrogen and oxygen atoms in total. The second kappa shape index (κ2) is 9.05. The predicted molar refractivity (Wildman–Crippen MR) is 96.5 cm³/mol. The molecule has 1 N–H and O–H groups in total. The molecule has 0 aliphatic heterocycles. The number of aromatic nitrogens is 1. The average molecular weight is 360 g/mol. The number of nitrogens with one attached hydrogen (secondary N) is 1. The number of carbonyl (C=O) groups excluding carboxylic acids is 1. The lowest BCUT2D eigenvalue weighted by Crippen LogP contribution is -2.40. The lowest BCUT2D eigenvalue weighted by molar-refractivity contribution is -0.121. The van der Waals surface area contributed by atoms with E-state index in [1.165, 1.54) is 6.21 Å². The van der Waals surface area contributed by atoms with Crippen molar-refractivity contribution in [2.24, 2.45) is 5.10 Å². The van der Waals surface area contributed by atoms with Gasteiger partial charge in [-0.1, -0.05) is 36.4 Å². The number of pyridine rings is 1. The van der Waals surface area contributed by atoms with Crippen LogP contribution in [0, 0.1) is 0 Å². The van der Waals surface area contributed by atoms with Gasteiger partial charge in [0.1, 0.15) is 0 Å². The summed E-state index contributed by atoms with van der Waals surface area (Å²) >= 11 is 0. The molecule has 0 unspecified atom stereocenters. The normalized spacial score (nSPS) is 11.8. The summed E-state index contributed by atoms with van der Waals surface area (Å²) in [5.74, 6) is -0.501. The minimum atomic E-state index is -3.50. The molecule has 1 aromatic carbocycles. The molecule has 132 valence electrons. The number of amides is 1. The Morgan fingerprint density at radius 1 is 1.24 bits per heavy atom. The number of benzene rings is 1. The summed E-state index contributed by atoms with van der Waals surface area (Å²) in [6.07, 6.45) is 6.29. The van der Waals surface area contributed by atoms with Crippen LogP contribution in [0.1, 0.15) is 11.1 Å². The Kier molecular flexibility index (Phi) is 6.79. The first-order valence-corrected chi connectivity index (χ1v) is 9.51. The van der Waals surface area contributed by atoms with Crippen molar-refractivity contribution in [3.05, 3.63) is 66.0 Å². The molecule has 1 aromatic heterocycles. The monoisotopic (exact) mass is 360 g/mol. The summed E-state index contributed by atoms with van der Waals surface area (Å²) in [6, 6.07) is 13.0. The van der Waals surface area contributed by atoms with E-state index in [-0.39, 0.29) is 13.1 Å². The molecule has 0 saturated heterocycles. The van der Waals surface area contributed by atoms with E-state index in [1.807, 2.05) is 30.3 Å². The van der Waals surface area contributed by atoms with Crippen LogP contribution in [0.25, 0.3) is 0 Å². The van der Waals surface area contributed by atoms with Gasteiger partial charge < -0.3 is 0 Å². The quantitative estimate of drug-likeness (QED) is 0.562. The lowest BCUT2D eigenvalue weighted by Gasteiger charge is -2.18. The molecule has 0 bridgehead atoms. The van der Waals surface area contributed by atoms with E-state index in [9.17, 15) is 13.2 Å². The van der Waals surface area contributed by atoms with Crippen molar-refractivity contribution in [1.82, 2.24) is 14.7 Å². The summed E-state index contributed by atoms with van der Waals surface area (Å²) in [5.41, 5.74) is 4.06. The number of rotatable bonds is 8. The maximum absolute atomic E-state index is 12.0. The highest BCUT2D eigenvalue weighted by Crippen LogP contribution is 2.04. The average Bonchev–Trinajstić information content (AvgIpc) is 2.59. The van der Waals surface area contributed by atoms with E-state index in [0.29, 0.717) is 6.42 Å². The van der Waals surface area contributed by atoms with Crippen LogP contribution in [-0.2, 0) is 21.2 Å². The Balaban J connectivity index is 1.90. The third-order valence-electron chi connectivity index (χ3n) is 3.37. The van der Waals surface area contributed by atoms with Gasteiger partial charge >= 0.3 is 0 Å². The van der Waals surface area contributed by atoms with Gasteiger partial charge in [0.05, 0.1) is 19.0 Å². The predicted octanol–water partition coefficient (Wildman–Crippen LogP) is 1.04. The van der Waals surface area contributed by atoms with E-state index in [4.69, 9.17) is 0 Å². The first-order valence-electron chi connectivity index (χ1n) is 7.66. The van der Waals surface area contributed by atoms with Crippen LogP contribution in [0.2, 0.25) is 0 Å². The molecule has 0 spiro atoms. The van der Waals surface area contributed by atoms with Gasteiger partial charge in [-0.15, -0.1) is 0 Å². The van der Waals surface area contributed by atoms with Crippen molar-refractivity contribution in [2.75, 3.05) is 19.3 Å². The molecule has 0 radical (unpaired) electrons. The van der Waals surface area contributed by atoms with Crippen LogP contribution in [0.3, 0.4) is 0 Å². The highest BCUT2D eigenvalue weighted by molar-refractivity contribution is 7.88. The van der Waals surface area contributed by atoms with Crippen LogP contribution in [0.4, 0.5) is 0 Å². The molecule has 1 heterocycles. The first kappa shape index (κ1) is 18.8. The number of hydrogen-bond acceptors (Lipinski definition) is 5. The van der Waals surface area contributed by atoms with E-state index >= 15 is 0 Å².